The minimum Gasteiger partial charge on any atom is -0.480 e. The molecule has 2 N–H and O–H groups in total. The number of methoxy groups -OCH3 is 1. The van der Waals surface area contributed by atoms with Crippen LogP contribution in [0.5, 0.6) is 0 Å². The second-order valence-corrected chi connectivity index (χ2v) is 4.05. The molecule has 0 aliphatic carbocycles. The lowest BCUT2D eigenvalue weighted by Crippen LogP contribution is -2.44. The molecule has 0 aliphatic heterocycles. The number of carbonyl (C=O) groups is 3. The lowest BCUT2D eigenvalue weighted by molar-refractivity contribution is -0.139. The van der Waals surface area contributed by atoms with Crippen LogP contribution in [-0.4, -0.2) is 43.3 Å². The zero-order chi connectivity index (χ0) is 15.1. The maximum Gasteiger partial charge on any atom is 0.325 e. The van der Waals surface area contributed by atoms with Gasteiger partial charge in [-0.1, -0.05) is 17.7 Å². The van der Waals surface area contributed by atoms with E-state index in [4.69, 9.17) is 5.11 Å². The molecule has 2 amide bonds. The van der Waals surface area contributed by atoms with Crippen molar-refractivity contribution in [3.8, 4) is 0 Å². The van der Waals surface area contributed by atoms with Crippen molar-refractivity contribution >= 4 is 23.7 Å². The molecule has 7 nitrogen and oxygen atoms in total. The largest absolute Gasteiger partial charge is 0.480 e. The van der Waals surface area contributed by atoms with Gasteiger partial charge in [0.2, 0.25) is 0 Å². The number of nitrogens with one attached hydrogen (secondary N) is 1. The van der Waals surface area contributed by atoms with E-state index in [9.17, 15) is 14.4 Å². The monoisotopic (exact) mass is 280 g/mol. The van der Waals surface area contributed by atoms with Crippen LogP contribution in [0.25, 0.3) is 0 Å². The second-order valence-electron chi connectivity index (χ2n) is 4.05. The van der Waals surface area contributed by atoms with E-state index >= 15 is 0 Å². The quantitative estimate of drug-likeness (QED) is 0.777. The van der Waals surface area contributed by atoms with Crippen LogP contribution in [0.15, 0.2) is 24.3 Å². The Bertz CT molecular complexity index is 498. The lowest BCUT2D eigenvalue weighted by Gasteiger charge is -2.21. The van der Waals surface area contributed by atoms with E-state index in [2.05, 4.69) is 10.1 Å². The highest BCUT2D eigenvalue weighted by Crippen LogP contribution is 2.15. The Balaban J connectivity index is 2.83. The van der Waals surface area contributed by atoms with Gasteiger partial charge >= 0.3 is 18.0 Å². The average molecular weight is 280 g/mol. The van der Waals surface area contributed by atoms with Crippen molar-refractivity contribution in [3.63, 3.8) is 0 Å². The fourth-order valence-electron chi connectivity index (χ4n) is 1.46. The Morgan fingerprint density at radius 1 is 1.25 bits per heavy atom. The number of aryl methyl sites for hydroxylation is 1. The topological polar surface area (TPSA) is 95.9 Å². The minimum absolute atomic E-state index is 0.322. The Morgan fingerprint density at radius 3 is 2.35 bits per heavy atom. The van der Waals surface area contributed by atoms with Crippen LogP contribution >= 0.6 is 0 Å². The van der Waals surface area contributed by atoms with Crippen LogP contribution in [0.2, 0.25) is 0 Å². The molecular formula is C13H16N2O5. The Morgan fingerprint density at radius 2 is 1.85 bits per heavy atom. The third kappa shape index (κ3) is 4.60. The van der Waals surface area contributed by atoms with Crippen molar-refractivity contribution in [2.24, 2.45) is 0 Å². The van der Waals surface area contributed by atoms with E-state index in [1.165, 1.54) is 7.11 Å². The van der Waals surface area contributed by atoms with Gasteiger partial charge in [-0.05, 0) is 19.1 Å². The van der Waals surface area contributed by atoms with E-state index in [1.807, 2.05) is 6.92 Å². The molecule has 0 bridgehead atoms. The molecule has 1 rings (SSSR count). The van der Waals surface area contributed by atoms with Gasteiger partial charge in [-0.3, -0.25) is 14.5 Å². The molecule has 0 saturated carbocycles. The molecule has 0 unspecified atom stereocenters. The van der Waals surface area contributed by atoms with Gasteiger partial charge in [0, 0.05) is 5.69 Å². The molecule has 0 fully saturated rings. The minimum atomic E-state index is -1.15. The maximum absolute atomic E-state index is 11.9. The summed E-state index contributed by atoms with van der Waals surface area (Å²) in [5.41, 5.74) is 1.42. The van der Waals surface area contributed by atoms with Gasteiger partial charge in [-0.2, -0.15) is 0 Å². The molecule has 1 aromatic rings. The highest BCUT2D eigenvalue weighted by atomic mass is 16.5. The third-order valence-electron chi connectivity index (χ3n) is 2.50. The third-order valence-corrected chi connectivity index (χ3v) is 2.50. The number of amides is 2. The number of hydrogen-bond acceptors (Lipinski definition) is 4. The molecule has 1 aromatic carbocycles. The molecule has 0 radical (unpaired) electrons. The summed E-state index contributed by atoms with van der Waals surface area (Å²) < 4.78 is 4.39. The van der Waals surface area contributed by atoms with E-state index in [0.717, 1.165) is 10.5 Å². The first-order chi connectivity index (χ1) is 9.43. The van der Waals surface area contributed by atoms with E-state index in [1.54, 1.807) is 24.3 Å². The number of rotatable bonds is 5. The number of ether oxygens (including phenoxy) is 1. The molecule has 108 valence electrons. The molecule has 0 heterocycles. The fourth-order valence-corrected chi connectivity index (χ4v) is 1.46. The predicted molar refractivity (Wildman–Crippen MR) is 71.6 cm³/mol. The highest BCUT2D eigenvalue weighted by Gasteiger charge is 2.19. The van der Waals surface area contributed by atoms with Crippen LogP contribution < -0.4 is 10.2 Å². The van der Waals surface area contributed by atoms with Gasteiger partial charge in [-0.25, -0.2) is 4.79 Å². The first kappa shape index (κ1) is 15.5. The summed E-state index contributed by atoms with van der Waals surface area (Å²) in [6.45, 7) is 1.05. The summed E-state index contributed by atoms with van der Waals surface area (Å²) >= 11 is 0. The van der Waals surface area contributed by atoms with E-state index in [-0.39, 0.29) is 6.54 Å². The van der Waals surface area contributed by atoms with Crippen LogP contribution in [0.4, 0.5) is 10.5 Å². The number of aliphatic carboxylic acids is 1. The SMILES string of the molecule is COC(=O)CNC(=O)N(CC(=O)O)c1ccc(C)cc1. The number of urea groups is 1. The van der Waals surface area contributed by atoms with Crippen LogP contribution in [0.1, 0.15) is 5.56 Å². The van der Waals surface area contributed by atoms with Crippen LogP contribution in [0.3, 0.4) is 0 Å². The number of carboxylic acids is 1. The molecule has 0 saturated heterocycles. The molecule has 0 aliphatic rings. The van der Waals surface area contributed by atoms with E-state index < -0.39 is 24.5 Å². The van der Waals surface area contributed by atoms with Gasteiger partial charge in [0.15, 0.2) is 0 Å². The standard InChI is InChI=1S/C13H16N2O5/c1-9-3-5-10(6-4-9)15(8-11(16)17)13(19)14-7-12(18)20-2/h3-6H,7-8H2,1-2H3,(H,14,19)(H,16,17). The Kier molecular flexibility index (Phi) is 5.52. The predicted octanol–water partition coefficient (Wildman–Crippen LogP) is 0.769. The first-order valence-corrected chi connectivity index (χ1v) is 5.84. The zero-order valence-corrected chi connectivity index (χ0v) is 11.3. The van der Waals surface area contributed by atoms with Gasteiger partial charge in [0.25, 0.3) is 0 Å². The van der Waals surface area contributed by atoms with Gasteiger partial charge < -0.3 is 15.2 Å². The average Bonchev–Trinajstić information content (AvgIpc) is 2.42. The molecular weight excluding hydrogens is 264 g/mol. The van der Waals surface area contributed by atoms with Crippen LogP contribution in [0, 0.1) is 6.92 Å². The number of esters is 1. The first-order valence-electron chi connectivity index (χ1n) is 5.84. The summed E-state index contributed by atoms with van der Waals surface area (Å²) in [4.78, 5) is 34.8. The van der Waals surface area contributed by atoms with Crippen molar-refractivity contribution in [3.05, 3.63) is 29.8 Å². The lowest BCUT2D eigenvalue weighted by atomic mass is 10.2. The smallest absolute Gasteiger partial charge is 0.325 e. The Labute approximate surface area is 116 Å². The summed E-state index contributed by atoms with van der Waals surface area (Å²) in [5, 5.41) is 11.2. The molecule has 0 atom stereocenters. The van der Waals surface area contributed by atoms with Gasteiger partial charge in [0.1, 0.15) is 13.1 Å². The van der Waals surface area contributed by atoms with Gasteiger partial charge in [-0.15, -0.1) is 0 Å². The normalized spacial score (nSPS) is 9.70. The molecule has 0 spiro atoms. The molecule has 0 aromatic heterocycles. The number of benzene rings is 1. The Hall–Kier alpha value is -2.57. The number of carbonyl (C=O) groups excluding carboxylic acids is 2. The molecule has 20 heavy (non-hydrogen) atoms. The van der Waals surface area contributed by atoms with Crippen molar-refractivity contribution in [1.82, 2.24) is 5.32 Å². The van der Waals surface area contributed by atoms with Crippen molar-refractivity contribution < 1.29 is 24.2 Å². The molecule has 7 heteroatoms. The fraction of sp³-hybridized carbons (Fsp3) is 0.308. The van der Waals surface area contributed by atoms with Crippen molar-refractivity contribution in [2.75, 3.05) is 25.1 Å². The number of hydrogen-bond donors (Lipinski definition) is 2. The van der Waals surface area contributed by atoms with Gasteiger partial charge in [0.05, 0.1) is 7.11 Å². The summed E-state index contributed by atoms with van der Waals surface area (Å²) in [6.07, 6.45) is 0. The summed E-state index contributed by atoms with van der Waals surface area (Å²) in [6, 6.07) is 6.11. The van der Waals surface area contributed by atoms with Crippen LogP contribution in [-0.2, 0) is 14.3 Å². The van der Waals surface area contributed by atoms with Crippen molar-refractivity contribution in [1.29, 1.82) is 0 Å². The number of anilines is 1. The second kappa shape index (κ2) is 7.13. The number of nitrogens with zero attached hydrogens (tertiary/aromatic N) is 1. The maximum atomic E-state index is 11.9. The highest BCUT2D eigenvalue weighted by molar-refractivity contribution is 5.97. The summed E-state index contributed by atoms with van der Waals surface area (Å²) in [7, 11) is 1.20. The zero-order valence-electron chi connectivity index (χ0n) is 11.3. The van der Waals surface area contributed by atoms with Crippen molar-refractivity contribution in [2.45, 2.75) is 6.92 Å². The summed E-state index contributed by atoms with van der Waals surface area (Å²) in [5.74, 6) is -1.77. The number of carboxylic acid groups (broad SMARTS) is 1. The van der Waals surface area contributed by atoms with E-state index in [0.29, 0.717) is 5.69 Å².